The van der Waals surface area contributed by atoms with Crippen LogP contribution in [0.1, 0.15) is 20.8 Å². The quantitative estimate of drug-likeness (QED) is 0.714. The highest BCUT2D eigenvalue weighted by atomic mass is 32.1. The Balaban J connectivity index is 1.43. The Morgan fingerprint density at radius 1 is 1.21 bits per heavy atom. The van der Waals surface area contributed by atoms with Crippen molar-refractivity contribution in [2.75, 3.05) is 36.5 Å². The molecule has 1 aliphatic heterocycles. The molecule has 4 rings (SSSR count). The van der Waals surface area contributed by atoms with E-state index in [1.165, 1.54) is 17.4 Å². The SMILES string of the molecule is O=C(Nc1ncc(Cc2ccccc2F)s1)c1ccnc(N2CCOCC2)c1. The van der Waals surface area contributed by atoms with E-state index in [0.717, 1.165) is 23.8 Å². The Morgan fingerprint density at radius 3 is 2.86 bits per heavy atom. The van der Waals surface area contributed by atoms with Crippen LogP contribution in [0.5, 0.6) is 0 Å². The zero-order valence-electron chi connectivity index (χ0n) is 15.1. The van der Waals surface area contributed by atoms with Gasteiger partial charge in [0, 0.05) is 42.3 Å². The van der Waals surface area contributed by atoms with Crippen molar-refractivity contribution in [1.29, 1.82) is 0 Å². The molecule has 144 valence electrons. The number of morpholine rings is 1. The standard InChI is InChI=1S/C20H19FN4O2S/c21-17-4-2-1-3-14(17)11-16-13-23-20(28-16)24-19(26)15-5-6-22-18(12-15)25-7-9-27-10-8-25/h1-6,12-13H,7-11H2,(H,23,24,26). The number of nitrogens with one attached hydrogen (secondary N) is 1. The van der Waals surface area contributed by atoms with E-state index < -0.39 is 0 Å². The molecule has 1 amide bonds. The lowest BCUT2D eigenvalue weighted by Crippen LogP contribution is -2.36. The van der Waals surface area contributed by atoms with Crippen LogP contribution >= 0.6 is 11.3 Å². The topological polar surface area (TPSA) is 67.4 Å². The van der Waals surface area contributed by atoms with E-state index in [4.69, 9.17) is 4.74 Å². The molecular weight excluding hydrogens is 379 g/mol. The van der Waals surface area contributed by atoms with Crippen LogP contribution in [-0.2, 0) is 11.2 Å². The smallest absolute Gasteiger partial charge is 0.257 e. The minimum atomic E-state index is -0.247. The first-order valence-corrected chi connectivity index (χ1v) is 9.79. The summed E-state index contributed by atoms with van der Waals surface area (Å²) in [6, 6.07) is 10.1. The molecule has 0 spiro atoms. The van der Waals surface area contributed by atoms with Gasteiger partial charge in [-0.3, -0.25) is 10.1 Å². The Bertz CT molecular complexity index is 972. The number of halogens is 1. The third-order valence-electron chi connectivity index (χ3n) is 4.44. The fourth-order valence-corrected chi connectivity index (χ4v) is 3.80. The number of hydrogen-bond donors (Lipinski definition) is 1. The third kappa shape index (κ3) is 4.35. The summed E-state index contributed by atoms with van der Waals surface area (Å²) >= 11 is 1.34. The lowest BCUT2D eigenvalue weighted by molar-refractivity contribution is 0.102. The van der Waals surface area contributed by atoms with E-state index in [-0.39, 0.29) is 11.7 Å². The van der Waals surface area contributed by atoms with Crippen LogP contribution in [0.25, 0.3) is 0 Å². The van der Waals surface area contributed by atoms with Gasteiger partial charge in [-0.1, -0.05) is 18.2 Å². The maximum absolute atomic E-state index is 13.8. The molecular formula is C20H19FN4O2S. The van der Waals surface area contributed by atoms with Crippen LogP contribution in [0.15, 0.2) is 48.8 Å². The van der Waals surface area contributed by atoms with Gasteiger partial charge in [-0.2, -0.15) is 0 Å². The highest BCUT2D eigenvalue weighted by Gasteiger charge is 2.15. The molecule has 0 bridgehead atoms. The summed E-state index contributed by atoms with van der Waals surface area (Å²) in [6.07, 6.45) is 3.74. The molecule has 0 atom stereocenters. The van der Waals surface area contributed by atoms with Gasteiger partial charge in [-0.25, -0.2) is 14.4 Å². The number of ether oxygens (including phenoxy) is 1. The predicted octanol–water partition coefficient (Wildman–Crippen LogP) is 3.36. The average Bonchev–Trinajstić information content (AvgIpc) is 3.17. The van der Waals surface area contributed by atoms with Crippen molar-refractivity contribution in [1.82, 2.24) is 9.97 Å². The van der Waals surface area contributed by atoms with Crippen molar-refractivity contribution in [2.45, 2.75) is 6.42 Å². The van der Waals surface area contributed by atoms with E-state index in [9.17, 15) is 9.18 Å². The zero-order chi connectivity index (χ0) is 19.3. The molecule has 0 radical (unpaired) electrons. The molecule has 3 heterocycles. The number of thiazole rings is 1. The van der Waals surface area contributed by atoms with Crippen molar-refractivity contribution >= 4 is 28.2 Å². The molecule has 0 unspecified atom stereocenters. The summed E-state index contributed by atoms with van der Waals surface area (Å²) in [5.74, 6) is 0.271. The summed E-state index contributed by atoms with van der Waals surface area (Å²) < 4.78 is 19.2. The number of rotatable bonds is 5. The molecule has 2 aromatic heterocycles. The lowest BCUT2D eigenvalue weighted by Gasteiger charge is -2.27. The Morgan fingerprint density at radius 2 is 2.04 bits per heavy atom. The Hall–Kier alpha value is -2.84. The summed E-state index contributed by atoms with van der Waals surface area (Å²) in [6.45, 7) is 2.82. The van der Waals surface area contributed by atoms with Gasteiger partial charge in [0.2, 0.25) is 0 Å². The van der Waals surface area contributed by atoms with Gasteiger partial charge in [-0.15, -0.1) is 11.3 Å². The van der Waals surface area contributed by atoms with Crippen molar-refractivity contribution < 1.29 is 13.9 Å². The van der Waals surface area contributed by atoms with E-state index in [0.29, 0.717) is 35.9 Å². The third-order valence-corrected chi connectivity index (χ3v) is 5.35. The molecule has 1 fully saturated rings. The predicted molar refractivity (Wildman–Crippen MR) is 107 cm³/mol. The van der Waals surface area contributed by atoms with Gasteiger partial charge in [0.05, 0.1) is 13.2 Å². The maximum Gasteiger partial charge on any atom is 0.257 e. The number of hydrogen-bond acceptors (Lipinski definition) is 6. The molecule has 0 saturated carbocycles. The van der Waals surface area contributed by atoms with Gasteiger partial charge in [0.15, 0.2) is 5.13 Å². The number of pyridine rings is 1. The number of carbonyl (C=O) groups excluding carboxylic acids is 1. The van der Waals surface area contributed by atoms with Crippen molar-refractivity contribution in [3.05, 3.63) is 70.6 Å². The molecule has 6 nitrogen and oxygen atoms in total. The van der Waals surface area contributed by atoms with E-state index >= 15 is 0 Å². The Kier molecular flexibility index (Phi) is 5.59. The number of benzene rings is 1. The highest BCUT2D eigenvalue weighted by molar-refractivity contribution is 7.15. The van der Waals surface area contributed by atoms with Gasteiger partial charge >= 0.3 is 0 Å². The fourth-order valence-electron chi connectivity index (χ4n) is 2.97. The molecule has 0 aliphatic carbocycles. The minimum absolute atomic E-state index is 0.242. The van der Waals surface area contributed by atoms with Gasteiger partial charge in [0.25, 0.3) is 5.91 Å². The summed E-state index contributed by atoms with van der Waals surface area (Å²) in [4.78, 5) is 24.2. The first kappa shape index (κ1) is 18.5. The average molecular weight is 398 g/mol. The number of aromatic nitrogens is 2. The maximum atomic E-state index is 13.8. The van der Waals surface area contributed by atoms with Gasteiger partial charge in [0.1, 0.15) is 11.6 Å². The normalized spacial score (nSPS) is 14.1. The second-order valence-electron chi connectivity index (χ2n) is 6.36. The molecule has 1 N–H and O–H groups in total. The van der Waals surface area contributed by atoms with Crippen LogP contribution in [-0.4, -0.2) is 42.2 Å². The largest absolute Gasteiger partial charge is 0.378 e. The molecule has 3 aromatic rings. The van der Waals surface area contributed by atoms with E-state index in [1.54, 1.807) is 42.7 Å². The molecule has 1 saturated heterocycles. The number of amides is 1. The van der Waals surface area contributed by atoms with Crippen LogP contribution in [0.3, 0.4) is 0 Å². The van der Waals surface area contributed by atoms with Crippen LogP contribution < -0.4 is 10.2 Å². The van der Waals surface area contributed by atoms with Crippen molar-refractivity contribution in [3.8, 4) is 0 Å². The second-order valence-corrected chi connectivity index (χ2v) is 7.47. The first-order chi connectivity index (χ1) is 13.7. The highest BCUT2D eigenvalue weighted by Crippen LogP contribution is 2.23. The monoisotopic (exact) mass is 398 g/mol. The van der Waals surface area contributed by atoms with Crippen molar-refractivity contribution in [2.24, 2.45) is 0 Å². The number of carbonyl (C=O) groups is 1. The Labute approximate surface area is 166 Å². The first-order valence-electron chi connectivity index (χ1n) is 8.97. The minimum Gasteiger partial charge on any atom is -0.378 e. The molecule has 8 heteroatoms. The van der Waals surface area contributed by atoms with Crippen molar-refractivity contribution in [3.63, 3.8) is 0 Å². The van der Waals surface area contributed by atoms with E-state index in [1.807, 2.05) is 0 Å². The summed E-state index contributed by atoms with van der Waals surface area (Å²) in [5.41, 5.74) is 1.12. The fraction of sp³-hybridized carbons (Fsp3) is 0.250. The van der Waals surface area contributed by atoms with Crippen LogP contribution in [0, 0.1) is 5.82 Å². The number of nitrogens with zero attached hydrogens (tertiary/aromatic N) is 3. The molecule has 1 aliphatic rings. The second kappa shape index (κ2) is 8.45. The number of anilines is 2. The summed E-state index contributed by atoms with van der Waals surface area (Å²) in [7, 11) is 0. The van der Waals surface area contributed by atoms with Gasteiger partial charge < -0.3 is 9.64 Å². The van der Waals surface area contributed by atoms with Crippen LogP contribution in [0.4, 0.5) is 15.3 Å². The van der Waals surface area contributed by atoms with E-state index in [2.05, 4.69) is 20.2 Å². The van der Waals surface area contributed by atoms with Crippen LogP contribution in [0.2, 0.25) is 0 Å². The summed E-state index contributed by atoms with van der Waals surface area (Å²) in [5, 5.41) is 3.30. The lowest BCUT2D eigenvalue weighted by atomic mass is 10.1. The molecule has 28 heavy (non-hydrogen) atoms. The zero-order valence-corrected chi connectivity index (χ0v) is 15.9. The molecule has 1 aromatic carbocycles. The van der Waals surface area contributed by atoms with Gasteiger partial charge in [-0.05, 0) is 23.8 Å².